The van der Waals surface area contributed by atoms with Crippen molar-refractivity contribution in [1.82, 2.24) is 29.9 Å². The minimum atomic E-state index is -0.493. The number of aromatic nitrogens is 6. The van der Waals surface area contributed by atoms with Crippen molar-refractivity contribution in [3.05, 3.63) is 82.9 Å². The first-order valence-corrected chi connectivity index (χ1v) is 11.7. The topological polar surface area (TPSA) is 163 Å². The van der Waals surface area contributed by atoms with Crippen LogP contribution in [0.1, 0.15) is 12.6 Å². The highest BCUT2D eigenvalue weighted by molar-refractivity contribution is 6.03. The maximum Gasteiger partial charge on any atom is 0.322 e. The molecule has 4 N–H and O–H groups in total. The SMILES string of the molecule is C=C(C)C(=O)Nc1ccc(-n2nc3c(=O)[nH]nc(N)c3c2-c2ccc(Oc3nccc(C)n3)c(OC)c2)cc1. The van der Waals surface area contributed by atoms with Crippen LogP contribution in [0.3, 0.4) is 0 Å². The fraction of sp³-hybridized carbons (Fsp3) is 0.111. The maximum absolute atomic E-state index is 12.6. The number of ether oxygens (including phenoxy) is 2. The number of H-pyrrole nitrogens is 1. The summed E-state index contributed by atoms with van der Waals surface area (Å²) < 4.78 is 13.0. The Morgan fingerprint density at radius 1 is 1.13 bits per heavy atom. The highest BCUT2D eigenvalue weighted by Crippen LogP contribution is 2.38. The lowest BCUT2D eigenvalue weighted by Crippen LogP contribution is -2.11. The van der Waals surface area contributed by atoms with Crippen molar-refractivity contribution in [3.63, 3.8) is 0 Å². The van der Waals surface area contributed by atoms with Crippen LogP contribution >= 0.6 is 0 Å². The average Bonchev–Trinajstić information content (AvgIpc) is 3.33. The monoisotopic (exact) mass is 524 g/mol. The van der Waals surface area contributed by atoms with Gasteiger partial charge in [-0.05, 0) is 62.4 Å². The molecule has 0 unspecified atom stereocenters. The number of carbonyl (C=O) groups excluding carboxylic acids is 1. The molecule has 5 aromatic rings. The summed E-state index contributed by atoms with van der Waals surface area (Å²) in [7, 11) is 1.51. The normalized spacial score (nSPS) is 10.8. The Hall–Kier alpha value is -5.52. The minimum Gasteiger partial charge on any atom is -0.493 e. The Morgan fingerprint density at radius 2 is 1.90 bits per heavy atom. The van der Waals surface area contributed by atoms with Crippen LogP contribution in [0, 0.1) is 6.92 Å². The minimum absolute atomic E-state index is 0.101. The molecule has 0 bridgehead atoms. The lowest BCUT2D eigenvalue weighted by Gasteiger charge is -2.13. The molecule has 0 saturated heterocycles. The average molecular weight is 525 g/mol. The van der Waals surface area contributed by atoms with Gasteiger partial charge in [-0.3, -0.25) is 9.59 Å². The Labute approximate surface area is 222 Å². The summed E-state index contributed by atoms with van der Waals surface area (Å²) in [6, 6.07) is 14.1. The van der Waals surface area contributed by atoms with Gasteiger partial charge in [0.25, 0.3) is 11.5 Å². The number of carbonyl (C=O) groups is 1. The largest absolute Gasteiger partial charge is 0.493 e. The van der Waals surface area contributed by atoms with Crippen LogP contribution in [0.15, 0.2) is 71.7 Å². The summed E-state index contributed by atoms with van der Waals surface area (Å²) >= 11 is 0. The van der Waals surface area contributed by atoms with Crippen LogP contribution in [0.4, 0.5) is 11.5 Å². The van der Waals surface area contributed by atoms with Gasteiger partial charge in [0.05, 0.1) is 23.9 Å². The molecule has 196 valence electrons. The second-order valence-electron chi connectivity index (χ2n) is 8.65. The smallest absolute Gasteiger partial charge is 0.322 e. The summed E-state index contributed by atoms with van der Waals surface area (Å²) in [5.74, 6) is 0.601. The number of fused-ring (bicyclic) bond motifs is 1. The van der Waals surface area contributed by atoms with Gasteiger partial charge < -0.3 is 20.5 Å². The summed E-state index contributed by atoms with van der Waals surface area (Å²) in [5, 5.41) is 14.0. The van der Waals surface area contributed by atoms with Gasteiger partial charge in [-0.1, -0.05) is 6.58 Å². The van der Waals surface area contributed by atoms with Crippen LogP contribution in [0.5, 0.6) is 17.5 Å². The molecular weight excluding hydrogens is 500 g/mol. The van der Waals surface area contributed by atoms with Crippen LogP contribution in [0.2, 0.25) is 0 Å². The molecule has 0 atom stereocenters. The van der Waals surface area contributed by atoms with Crippen LogP contribution in [-0.4, -0.2) is 43.0 Å². The van der Waals surface area contributed by atoms with Gasteiger partial charge in [0.2, 0.25) is 0 Å². The first-order valence-electron chi connectivity index (χ1n) is 11.7. The number of aromatic amines is 1. The number of benzene rings is 2. The molecule has 0 radical (unpaired) electrons. The zero-order valence-electron chi connectivity index (χ0n) is 21.3. The van der Waals surface area contributed by atoms with Crippen molar-refractivity contribution in [2.75, 3.05) is 18.2 Å². The fourth-order valence-corrected chi connectivity index (χ4v) is 3.89. The Balaban J connectivity index is 1.63. The molecule has 0 saturated carbocycles. The third-order valence-electron chi connectivity index (χ3n) is 5.80. The molecule has 39 heavy (non-hydrogen) atoms. The molecule has 3 aromatic heterocycles. The standard InChI is InChI=1S/C27H24N8O4/c1-14(2)25(36)31-17-6-8-18(9-7-17)35-23(21-22(34-35)26(37)33-32-24(21)28)16-5-10-19(20(13-16)38-4)39-27-29-12-11-15(3)30-27/h5-13H,1H2,2-4H3,(H2,28,32)(H,31,36)(H,33,37). The highest BCUT2D eigenvalue weighted by Gasteiger charge is 2.22. The van der Waals surface area contributed by atoms with Gasteiger partial charge >= 0.3 is 6.01 Å². The third kappa shape index (κ3) is 4.90. The summed E-state index contributed by atoms with van der Waals surface area (Å²) in [6.45, 7) is 7.11. The van der Waals surface area contributed by atoms with Crippen LogP contribution in [-0.2, 0) is 4.79 Å². The number of anilines is 2. The third-order valence-corrected chi connectivity index (χ3v) is 5.80. The summed E-state index contributed by atoms with van der Waals surface area (Å²) in [5.41, 5.74) is 9.31. The van der Waals surface area contributed by atoms with Crippen molar-refractivity contribution in [1.29, 1.82) is 0 Å². The number of amides is 1. The van der Waals surface area contributed by atoms with Gasteiger partial charge in [0.15, 0.2) is 22.8 Å². The van der Waals surface area contributed by atoms with E-state index in [1.165, 1.54) is 7.11 Å². The zero-order valence-corrected chi connectivity index (χ0v) is 21.3. The van der Waals surface area contributed by atoms with E-state index >= 15 is 0 Å². The lowest BCUT2D eigenvalue weighted by molar-refractivity contribution is -0.112. The van der Waals surface area contributed by atoms with Gasteiger partial charge in [-0.25, -0.2) is 19.7 Å². The molecule has 3 heterocycles. The molecule has 2 aromatic carbocycles. The van der Waals surface area contributed by atoms with E-state index in [1.807, 2.05) is 6.92 Å². The molecular formula is C27H24N8O4. The summed E-state index contributed by atoms with van der Waals surface area (Å²) in [6.07, 6.45) is 1.60. The molecule has 12 nitrogen and oxygen atoms in total. The molecule has 5 rings (SSSR count). The van der Waals surface area contributed by atoms with Gasteiger partial charge in [-0.15, -0.1) is 0 Å². The van der Waals surface area contributed by atoms with Crippen molar-refractivity contribution in [3.8, 4) is 34.5 Å². The number of nitrogens with one attached hydrogen (secondary N) is 2. The number of hydrogen-bond acceptors (Lipinski definition) is 9. The predicted molar refractivity (Wildman–Crippen MR) is 146 cm³/mol. The molecule has 1 amide bonds. The molecule has 0 fully saturated rings. The van der Waals surface area contributed by atoms with Crippen molar-refractivity contribution < 1.29 is 14.3 Å². The van der Waals surface area contributed by atoms with E-state index in [9.17, 15) is 9.59 Å². The number of aryl methyl sites for hydroxylation is 1. The van der Waals surface area contributed by atoms with Gasteiger partial charge in [0, 0.05) is 28.7 Å². The van der Waals surface area contributed by atoms with Gasteiger partial charge in [0.1, 0.15) is 0 Å². The Kier molecular flexibility index (Phi) is 6.51. The van der Waals surface area contributed by atoms with Crippen molar-refractivity contribution >= 4 is 28.3 Å². The van der Waals surface area contributed by atoms with E-state index in [2.05, 4.69) is 37.2 Å². The predicted octanol–water partition coefficient (Wildman–Crippen LogP) is 3.77. The van der Waals surface area contributed by atoms with E-state index in [0.29, 0.717) is 45.1 Å². The molecule has 12 heteroatoms. The van der Waals surface area contributed by atoms with E-state index in [4.69, 9.17) is 15.2 Å². The van der Waals surface area contributed by atoms with E-state index in [0.717, 1.165) is 5.69 Å². The zero-order chi connectivity index (χ0) is 27.7. The van der Waals surface area contributed by atoms with Crippen LogP contribution < -0.4 is 26.1 Å². The highest BCUT2D eigenvalue weighted by atomic mass is 16.5. The first kappa shape index (κ1) is 25.1. The second kappa shape index (κ2) is 10.1. The quantitative estimate of drug-likeness (QED) is 0.269. The number of nitrogens with zero attached hydrogens (tertiary/aromatic N) is 5. The van der Waals surface area contributed by atoms with Crippen LogP contribution in [0.25, 0.3) is 27.8 Å². The number of rotatable bonds is 7. The van der Waals surface area contributed by atoms with Crippen molar-refractivity contribution in [2.45, 2.75) is 13.8 Å². The fourth-order valence-electron chi connectivity index (χ4n) is 3.89. The molecule has 0 aliphatic heterocycles. The Morgan fingerprint density at radius 3 is 2.59 bits per heavy atom. The number of nitrogens with two attached hydrogens (primary N) is 1. The van der Waals surface area contributed by atoms with E-state index < -0.39 is 5.56 Å². The van der Waals surface area contributed by atoms with Gasteiger partial charge in [-0.2, -0.15) is 10.2 Å². The molecule has 0 aliphatic rings. The first-order chi connectivity index (χ1) is 18.7. The molecule has 0 spiro atoms. The lowest BCUT2D eigenvalue weighted by atomic mass is 10.1. The second-order valence-corrected chi connectivity index (χ2v) is 8.65. The molecule has 0 aliphatic carbocycles. The number of hydrogen-bond donors (Lipinski definition) is 3. The number of methoxy groups -OCH3 is 1. The number of nitrogen functional groups attached to an aromatic ring is 1. The van der Waals surface area contributed by atoms with Crippen molar-refractivity contribution in [2.24, 2.45) is 0 Å². The van der Waals surface area contributed by atoms with E-state index in [1.54, 1.807) is 66.3 Å². The summed E-state index contributed by atoms with van der Waals surface area (Å²) in [4.78, 5) is 33.0. The van der Waals surface area contributed by atoms with E-state index in [-0.39, 0.29) is 23.3 Å². The maximum atomic E-state index is 12.6. The Bertz CT molecular complexity index is 1790.